The molecule has 2 N–H and O–H groups in total. The van der Waals surface area contributed by atoms with Gasteiger partial charge in [-0.3, -0.25) is 4.98 Å². The van der Waals surface area contributed by atoms with Gasteiger partial charge in [0.15, 0.2) is 5.82 Å². The van der Waals surface area contributed by atoms with Crippen LogP contribution in [0.1, 0.15) is 24.1 Å². The molecule has 0 atom stereocenters. The van der Waals surface area contributed by atoms with Crippen LogP contribution in [0.4, 0.5) is 0 Å². The van der Waals surface area contributed by atoms with Gasteiger partial charge in [-0.25, -0.2) is 9.67 Å². The highest BCUT2D eigenvalue weighted by atomic mass is 16.5. The van der Waals surface area contributed by atoms with Crippen molar-refractivity contribution in [3.05, 3.63) is 35.7 Å². The summed E-state index contributed by atoms with van der Waals surface area (Å²) in [5.41, 5.74) is 7.34. The maximum Gasteiger partial charge on any atom is 0.164 e. The SMILES string of the molecule is CCn1ncnc1COc1ccc(C)nc1CN. The van der Waals surface area contributed by atoms with E-state index in [1.807, 2.05) is 26.0 Å². The maximum absolute atomic E-state index is 5.70. The number of hydrogen-bond donors (Lipinski definition) is 1. The fourth-order valence-electron chi connectivity index (χ4n) is 1.68. The number of ether oxygens (including phenoxy) is 1. The molecule has 6 heteroatoms. The van der Waals surface area contributed by atoms with Gasteiger partial charge < -0.3 is 10.5 Å². The molecule has 0 saturated carbocycles. The van der Waals surface area contributed by atoms with Crippen molar-refractivity contribution < 1.29 is 4.74 Å². The summed E-state index contributed by atoms with van der Waals surface area (Å²) in [6.07, 6.45) is 1.53. The van der Waals surface area contributed by atoms with Gasteiger partial charge >= 0.3 is 0 Å². The van der Waals surface area contributed by atoms with Crippen molar-refractivity contribution in [2.75, 3.05) is 0 Å². The van der Waals surface area contributed by atoms with Gasteiger partial charge in [-0.15, -0.1) is 0 Å². The van der Waals surface area contributed by atoms with Gasteiger partial charge in [0.2, 0.25) is 0 Å². The first-order chi connectivity index (χ1) is 8.74. The number of nitrogens with zero attached hydrogens (tertiary/aromatic N) is 4. The van der Waals surface area contributed by atoms with E-state index in [9.17, 15) is 0 Å². The molecular weight excluding hydrogens is 230 g/mol. The third-order valence-electron chi connectivity index (χ3n) is 2.62. The highest BCUT2D eigenvalue weighted by Crippen LogP contribution is 2.17. The Morgan fingerprint density at radius 3 is 2.94 bits per heavy atom. The molecule has 0 radical (unpaired) electrons. The molecule has 2 heterocycles. The maximum atomic E-state index is 5.70. The first-order valence-electron chi connectivity index (χ1n) is 5.90. The zero-order valence-electron chi connectivity index (χ0n) is 10.6. The molecule has 2 rings (SSSR count). The van der Waals surface area contributed by atoms with Crippen LogP contribution in [0.2, 0.25) is 0 Å². The minimum absolute atomic E-state index is 0.359. The highest BCUT2D eigenvalue weighted by Gasteiger charge is 2.07. The molecular formula is C12H17N5O. The Morgan fingerprint density at radius 1 is 1.39 bits per heavy atom. The molecule has 0 spiro atoms. The number of aromatic nitrogens is 4. The topological polar surface area (TPSA) is 78.8 Å². The van der Waals surface area contributed by atoms with Gasteiger partial charge in [-0.05, 0) is 26.0 Å². The monoisotopic (exact) mass is 247 g/mol. The standard InChI is InChI=1S/C12H17N5O/c1-3-17-12(14-8-15-17)7-18-11-5-4-9(2)16-10(11)6-13/h4-5,8H,3,6-7,13H2,1-2H3. The summed E-state index contributed by atoms with van der Waals surface area (Å²) < 4.78 is 7.50. The normalized spacial score (nSPS) is 10.6. The van der Waals surface area contributed by atoms with Crippen molar-refractivity contribution in [2.24, 2.45) is 5.73 Å². The first-order valence-corrected chi connectivity index (χ1v) is 5.90. The van der Waals surface area contributed by atoms with E-state index in [-0.39, 0.29) is 0 Å². The lowest BCUT2D eigenvalue weighted by atomic mass is 10.3. The Kier molecular flexibility index (Phi) is 3.88. The number of nitrogens with two attached hydrogens (primary N) is 1. The van der Waals surface area contributed by atoms with Crippen LogP contribution >= 0.6 is 0 Å². The molecule has 2 aromatic heterocycles. The number of aryl methyl sites for hydroxylation is 2. The predicted octanol–water partition coefficient (Wildman–Crippen LogP) is 1.04. The summed E-state index contributed by atoms with van der Waals surface area (Å²) in [5.74, 6) is 1.50. The minimum atomic E-state index is 0.359. The van der Waals surface area contributed by atoms with E-state index in [0.717, 1.165) is 23.8 Å². The lowest BCUT2D eigenvalue weighted by Crippen LogP contribution is -2.10. The van der Waals surface area contributed by atoms with Crippen molar-refractivity contribution >= 4 is 0 Å². The molecule has 0 aliphatic heterocycles. The first kappa shape index (κ1) is 12.5. The van der Waals surface area contributed by atoms with Gasteiger partial charge in [0.25, 0.3) is 0 Å². The quantitative estimate of drug-likeness (QED) is 0.854. The lowest BCUT2D eigenvalue weighted by molar-refractivity contribution is 0.283. The zero-order valence-corrected chi connectivity index (χ0v) is 10.6. The van der Waals surface area contributed by atoms with E-state index in [1.165, 1.54) is 6.33 Å². The number of rotatable bonds is 5. The molecule has 0 aliphatic rings. The summed E-state index contributed by atoms with van der Waals surface area (Å²) in [6.45, 7) is 5.44. The molecule has 0 aliphatic carbocycles. The fourth-order valence-corrected chi connectivity index (χ4v) is 1.68. The van der Waals surface area contributed by atoms with Crippen LogP contribution in [0.5, 0.6) is 5.75 Å². The summed E-state index contributed by atoms with van der Waals surface area (Å²) in [4.78, 5) is 8.49. The van der Waals surface area contributed by atoms with E-state index in [4.69, 9.17) is 10.5 Å². The minimum Gasteiger partial charge on any atom is -0.484 e. The van der Waals surface area contributed by atoms with E-state index >= 15 is 0 Å². The van der Waals surface area contributed by atoms with Gasteiger partial charge in [0, 0.05) is 18.8 Å². The second-order valence-electron chi connectivity index (χ2n) is 3.88. The molecule has 18 heavy (non-hydrogen) atoms. The van der Waals surface area contributed by atoms with Crippen molar-refractivity contribution in [3.8, 4) is 5.75 Å². The molecule has 0 unspecified atom stereocenters. The molecule has 6 nitrogen and oxygen atoms in total. The molecule has 0 fully saturated rings. The Labute approximate surface area is 106 Å². The van der Waals surface area contributed by atoms with Crippen molar-refractivity contribution in [1.29, 1.82) is 0 Å². The van der Waals surface area contributed by atoms with Gasteiger partial charge in [0.1, 0.15) is 18.7 Å². The van der Waals surface area contributed by atoms with E-state index < -0.39 is 0 Å². The summed E-state index contributed by atoms with van der Waals surface area (Å²) in [6, 6.07) is 3.79. The lowest BCUT2D eigenvalue weighted by Gasteiger charge is -2.10. The van der Waals surface area contributed by atoms with Gasteiger partial charge in [0.05, 0.1) is 5.69 Å². The zero-order chi connectivity index (χ0) is 13.0. The molecule has 0 saturated heterocycles. The Balaban J connectivity index is 2.10. The highest BCUT2D eigenvalue weighted by molar-refractivity contribution is 5.29. The molecule has 0 amide bonds. The predicted molar refractivity (Wildman–Crippen MR) is 66.9 cm³/mol. The van der Waals surface area contributed by atoms with E-state index in [0.29, 0.717) is 18.9 Å². The van der Waals surface area contributed by atoms with Crippen LogP contribution in [-0.2, 0) is 19.7 Å². The van der Waals surface area contributed by atoms with Crippen LogP contribution < -0.4 is 10.5 Å². The summed E-state index contributed by atoms with van der Waals surface area (Å²) in [7, 11) is 0. The summed E-state index contributed by atoms with van der Waals surface area (Å²) in [5, 5.41) is 4.09. The van der Waals surface area contributed by atoms with E-state index in [2.05, 4.69) is 15.1 Å². The van der Waals surface area contributed by atoms with Crippen molar-refractivity contribution in [2.45, 2.75) is 33.5 Å². The summed E-state index contributed by atoms with van der Waals surface area (Å²) >= 11 is 0. The molecule has 0 aromatic carbocycles. The van der Waals surface area contributed by atoms with Crippen molar-refractivity contribution in [3.63, 3.8) is 0 Å². The van der Waals surface area contributed by atoms with Crippen LogP contribution in [0.3, 0.4) is 0 Å². The van der Waals surface area contributed by atoms with Crippen LogP contribution in [0.25, 0.3) is 0 Å². The van der Waals surface area contributed by atoms with Crippen LogP contribution in [0, 0.1) is 6.92 Å². The van der Waals surface area contributed by atoms with Gasteiger partial charge in [-0.2, -0.15) is 5.10 Å². The second kappa shape index (κ2) is 5.59. The Hall–Kier alpha value is -1.95. The molecule has 96 valence electrons. The molecule has 2 aromatic rings. The smallest absolute Gasteiger partial charge is 0.164 e. The van der Waals surface area contributed by atoms with Crippen LogP contribution in [-0.4, -0.2) is 19.7 Å². The Morgan fingerprint density at radius 2 is 2.22 bits per heavy atom. The van der Waals surface area contributed by atoms with Crippen molar-refractivity contribution in [1.82, 2.24) is 19.7 Å². The average Bonchev–Trinajstić information content (AvgIpc) is 2.84. The third kappa shape index (κ3) is 2.65. The largest absolute Gasteiger partial charge is 0.484 e. The number of pyridine rings is 1. The second-order valence-corrected chi connectivity index (χ2v) is 3.88. The molecule has 0 bridgehead atoms. The van der Waals surface area contributed by atoms with Crippen LogP contribution in [0.15, 0.2) is 18.5 Å². The van der Waals surface area contributed by atoms with Gasteiger partial charge in [-0.1, -0.05) is 0 Å². The third-order valence-corrected chi connectivity index (χ3v) is 2.62. The van der Waals surface area contributed by atoms with E-state index in [1.54, 1.807) is 4.68 Å². The fraction of sp³-hybridized carbons (Fsp3) is 0.417. The number of hydrogen-bond acceptors (Lipinski definition) is 5. The Bertz CT molecular complexity index is 523. The average molecular weight is 247 g/mol.